The molecule has 28 heavy (non-hydrogen) atoms. The summed E-state index contributed by atoms with van der Waals surface area (Å²) in [6, 6.07) is -0.431. The summed E-state index contributed by atoms with van der Waals surface area (Å²) in [5, 5.41) is 3.20. The minimum Gasteiger partial charge on any atom is -0.469 e. The molecule has 0 amide bonds. The maximum absolute atomic E-state index is 11.6. The van der Waals surface area contributed by atoms with E-state index in [1.807, 2.05) is 6.92 Å². The smallest absolute Gasteiger partial charge is 0.305 e. The summed E-state index contributed by atoms with van der Waals surface area (Å²) < 4.78 is 9.44. The molecule has 1 aliphatic heterocycles. The zero-order valence-electron chi connectivity index (χ0n) is 16.6. The summed E-state index contributed by atoms with van der Waals surface area (Å²) in [6.45, 7) is 3.72. The molecule has 2 N–H and O–H groups in total. The molecule has 8 nitrogen and oxygen atoms in total. The summed E-state index contributed by atoms with van der Waals surface area (Å²) in [4.78, 5) is 49.3. The minimum absolute atomic E-state index is 0.117. The van der Waals surface area contributed by atoms with E-state index in [2.05, 4.69) is 10.3 Å². The molecule has 0 saturated carbocycles. The SMILES string of the molecule is COC(=O)CCC1=C(c2[nH]c(C=O)c(C)c2CCC(=O)OC)NC(C=O)C1C. The molecule has 0 radical (unpaired) electrons. The van der Waals surface area contributed by atoms with Gasteiger partial charge in [-0.2, -0.15) is 0 Å². The van der Waals surface area contributed by atoms with Crippen molar-refractivity contribution in [2.75, 3.05) is 14.2 Å². The molecule has 2 unspecified atom stereocenters. The number of nitrogens with one attached hydrogen (secondary N) is 2. The Morgan fingerprint density at radius 3 is 2.21 bits per heavy atom. The van der Waals surface area contributed by atoms with E-state index in [0.717, 1.165) is 29.3 Å². The lowest BCUT2D eigenvalue weighted by Crippen LogP contribution is -2.28. The Balaban J connectivity index is 2.48. The summed E-state index contributed by atoms with van der Waals surface area (Å²) in [6.07, 6.45) is 2.72. The van der Waals surface area contributed by atoms with Crippen LogP contribution in [0.5, 0.6) is 0 Å². The summed E-state index contributed by atoms with van der Waals surface area (Å²) in [5.41, 5.74) is 4.24. The fourth-order valence-corrected chi connectivity index (χ4v) is 3.53. The van der Waals surface area contributed by atoms with Crippen LogP contribution in [0, 0.1) is 12.8 Å². The largest absolute Gasteiger partial charge is 0.469 e. The molecule has 0 aliphatic carbocycles. The summed E-state index contributed by atoms with van der Waals surface area (Å²) >= 11 is 0. The second kappa shape index (κ2) is 9.34. The quantitative estimate of drug-likeness (QED) is 0.487. The highest BCUT2D eigenvalue weighted by Crippen LogP contribution is 2.36. The highest BCUT2D eigenvalue weighted by Gasteiger charge is 2.33. The number of hydrogen-bond acceptors (Lipinski definition) is 7. The molecule has 8 heteroatoms. The summed E-state index contributed by atoms with van der Waals surface area (Å²) in [5.74, 6) is -0.803. The zero-order chi connectivity index (χ0) is 20.8. The van der Waals surface area contributed by atoms with Crippen LogP contribution < -0.4 is 5.32 Å². The molecule has 152 valence electrons. The molecule has 0 saturated heterocycles. The lowest BCUT2D eigenvalue weighted by molar-refractivity contribution is -0.141. The van der Waals surface area contributed by atoms with E-state index >= 15 is 0 Å². The van der Waals surface area contributed by atoms with E-state index in [9.17, 15) is 19.2 Å². The topological polar surface area (TPSA) is 115 Å². The molecule has 0 bridgehead atoms. The number of H-pyrrole nitrogens is 1. The van der Waals surface area contributed by atoms with Crippen LogP contribution in [-0.2, 0) is 30.3 Å². The van der Waals surface area contributed by atoms with Crippen molar-refractivity contribution in [3.63, 3.8) is 0 Å². The molecule has 0 aromatic carbocycles. The average molecular weight is 390 g/mol. The monoisotopic (exact) mass is 390 g/mol. The van der Waals surface area contributed by atoms with Gasteiger partial charge in [-0.3, -0.25) is 14.4 Å². The first kappa shape index (κ1) is 21.4. The number of esters is 2. The van der Waals surface area contributed by atoms with Crippen LogP contribution in [-0.4, -0.2) is 49.8 Å². The number of hydrogen-bond donors (Lipinski definition) is 2. The van der Waals surface area contributed by atoms with Gasteiger partial charge >= 0.3 is 11.9 Å². The molecule has 2 rings (SSSR count). The van der Waals surface area contributed by atoms with Crippen molar-refractivity contribution in [1.82, 2.24) is 10.3 Å². The van der Waals surface area contributed by atoms with E-state index in [4.69, 9.17) is 9.47 Å². The highest BCUT2D eigenvalue weighted by molar-refractivity contribution is 5.83. The first-order valence-corrected chi connectivity index (χ1v) is 9.13. The third-order valence-corrected chi connectivity index (χ3v) is 5.29. The Kier molecular flexibility index (Phi) is 7.14. The van der Waals surface area contributed by atoms with E-state index in [1.165, 1.54) is 14.2 Å². The first-order chi connectivity index (χ1) is 13.4. The van der Waals surface area contributed by atoms with E-state index in [1.54, 1.807) is 6.92 Å². The van der Waals surface area contributed by atoms with Crippen molar-refractivity contribution in [2.24, 2.45) is 5.92 Å². The normalized spacial score (nSPS) is 18.6. The third-order valence-electron chi connectivity index (χ3n) is 5.29. The maximum atomic E-state index is 11.6. The number of aromatic amines is 1. The van der Waals surface area contributed by atoms with Crippen molar-refractivity contribution < 1.29 is 28.7 Å². The van der Waals surface area contributed by atoms with E-state index in [-0.39, 0.29) is 30.7 Å². The number of carbonyl (C=O) groups excluding carboxylic acids is 4. The van der Waals surface area contributed by atoms with Gasteiger partial charge in [-0.1, -0.05) is 6.92 Å². The van der Waals surface area contributed by atoms with E-state index < -0.39 is 6.04 Å². The van der Waals surface area contributed by atoms with Crippen LogP contribution in [0.1, 0.15) is 53.5 Å². The lowest BCUT2D eigenvalue weighted by atomic mass is 9.92. The fraction of sp³-hybridized carbons (Fsp3) is 0.500. The van der Waals surface area contributed by atoms with Crippen molar-refractivity contribution in [3.8, 4) is 0 Å². The van der Waals surface area contributed by atoms with Gasteiger partial charge in [0.2, 0.25) is 0 Å². The van der Waals surface area contributed by atoms with E-state index in [0.29, 0.717) is 29.9 Å². The molecule has 1 aromatic rings. The fourth-order valence-electron chi connectivity index (χ4n) is 3.53. The molecule has 0 fully saturated rings. The first-order valence-electron chi connectivity index (χ1n) is 9.13. The van der Waals surface area contributed by atoms with Gasteiger partial charge in [-0.25, -0.2) is 0 Å². The Labute approximate surface area is 163 Å². The number of aldehydes is 2. The Morgan fingerprint density at radius 1 is 1.07 bits per heavy atom. The Bertz CT molecular complexity index is 808. The van der Waals surface area contributed by atoms with Crippen LogP contribution in [0.15, 0.2) is 5.57 Å². The van der Waals surface area contributed by atoms with Crippen LogP contribution in [0.2, 0.25) is 0 Å². The van der Waals surface area contributed by atoms with Gasteiger partial charge in [0.15, 0.2) is 6.29 Å². The van der Waals surface area contributed by atoms with Gasteiger partial charge in [0.1, 0.15) is 6.29 Å². The number of rotatable bonds is 9. The molecule has 1 aliphatic rings. The van der Waals surface area contributed by atoms with Gasteiger partial charge < -0.3 is 24.6 Å². The van der Waals surface area contributed by atoms with Crippen LogP contribution in [0.4, 0.5) is 0 Å². The Hall–Kier alpha value is -2.90. The van der Waals surface area contributed by atoms with Crippen LogP contribution in [0.25, 0.3) is 5.70 Å². The highest BCUT2D eigenvalue weighted by atomic mass is 16.5. The lowest BCUT2D eigenvalue weighted by Gasteiger charge is -2.11. The van der Waals surface area contributed by atoms with Crippen molar-refractivity contribution in [3.05, 3.63) is 28.1 Å². The molecular weight excluding hydrogens is 364 g/mol. The number of ether oxygens (including phenoxy) is 2. The van der Waals surface area contributed by atoms with Gasteiger partial charge in [-0.05, 0) is 36.5 Å². The number of methoxy groups -OCH3 is 2. The number of carbonyl (C=O) groups is 4. The minimum atomic E-state index is -0.431. The van der Waals surface area contributed by atoms with Gasteiger partial charge in [0.25, 0.3) is 0 Å². The average Bonchev–Trinajstić information content (AvgIpc) is 3.19. The van der Waals surface area contributed by atoms with Crippen LogP contribution >= 0.6 is 0 Å². The predicted molar refractivity (Wildman–Crippen MR) is 102 cm³/mol. The summed E-state index contributed by atoms with van der Waals surface area (Å²) in [7, 11) is 2.66. The van der Waals surface area contributed by atoms with Crippen molar-refractivity contribution in [2.45, 2.75) is 45.6 Å². The van der Waals surface area contributed by atoms with Gasteiger partial charge in [0, 0.05) is 18.8 Å². The second-order valence-corrected chi connectivity index (χ2v) is 6.78. The third kappa shape index (κ3) is 4.32. The Morgan fingerprint density at radius 2 is 1.68 bits per heavy atom. The van der Waals surface area contributed by atoms with Gasteiger partial charge in [-0.15, -0.1) is 0 Å². The standard InChI is InChI=1S/C20H26N2O6/c1-11-13(5-7-17(25)27-3)19(21-15(11)9-23)20-14(6-8-18(26)28-4)12(2)16(10-24)22-20/h9-11,15,21-22H,5-8H2,1-4H3. The van der Waals surface area contributed by atoms with Crippen molar-refractivity contribution in [1.29, 1.82) is 0 Å². The second-order valence-electron chi connectivity index (χ2n) is 6.78. The predicted octanol–water partition coefficient (Wildman–Crippen LogP) is 1.71. The molecule has 2 heterocycles. The molecule has 1 aromatic heterocycles. The molecular formula is C20H26N2O6. The molecule has 2 atom stereocenters. The molecule has 0 spiro atoms. The number of aromatic nitrogens is 1. The van der Waals surface area contributed by atoms with Gasteiger partial charge in [0.05, 0.1) is 37.3 Å². The maximum Gasteiger partial charge on any atom is 0.305 e. The van der Waals surface area contributed by atoms with Crippen LogP contribution in [0.3, 0.4) is 0 Å². The van der Waals surface area contributed by atoms with Crippen molar-refractivity contribution >= 4 is 30.2 Å². The zero-order valence-corrected chi connectivity index (χ0v) is 16.6.